The fraction of sp³-hybridized carbons (Fsp3) is 1.00. The average Bonchev–Trinajstić information content (AvgIpc) is 2.26. The van der Waals surface area contributed by atoms with E-state index in [0.717, 1.165) is 26.2 Å². The van der Waals surface area contributed by atoms with E-state index in [-0.39, 0.29) is 0 Å². The Morgan fingerprint density at radius 2 is 1.17 bits per heavy atom. The summed E-state index contributed by atoms with van der Waals surface area (Å²) in [6.07, 6.45) is 0. The van der Waals surface area contributed by atoms with Crippen molar-refractivity contribution in [2.75, 3.05) is 75.5 Å². The van der Waals surface area contributed by atoms with Gasteiger partial charge in [-0.05, 0) is 62.8 Å². The molecule has 18 heavy (non-hydrogen) atoms. The van der Waals surface area contributed by atoms with Crippen molar-refractivity contribution in [3.8, 4) is 0 Å². The molecule has 0 fully saturated rings. The van der Waals surface area contributed by atoms with E-state index >= 15 is 0 Å². The van der Waals surface area contributed by atoms with E-state index in [9.17, 15) is 0 Å². The van der Waals surface area contributed by atoms with Gasteiger partial charge in [-0.3, -0.25) is 0 Å². The van der Waals surface area contributed by atoms with Crippen LogP contribution < -0.4 is 0 Å². The standard InChI is InChI=1S/C8H20N2.C6H16N2/c1-6-10(5)7-8(2)9(3)4;1-7(2)5-6-8(3)4/h8H,6-7H2,1-5H3;5-6H2,1-4H3. The van der Waals surface area contributed by atoms with Crippen LogP contribution in [0.4, 0.5) is 0 Å². The first kappa shape index (κ1) is 20.2. The predicted octanol–water partition coefficient (Wildman–Crippen LogP) is 0.998. The van der Waals surface area contributed by atoms with Gasteiger partial charge < -0.3 is 19.6 Å². The predicted molar refractivity (Wildman–Crippen MR) is 83.4 cm³/mol. The molecule has 0 aliphatic rings. The Labute approximate surface area is 116 Å². The van der Waals surface area contributed by atoms with Crippen LogP contribution in [0.1, 0.15) is 13.8 Å². The molecule has 0 spiro atoms. The van der Waals surface area contributed by atoms with Crippen LogP contribution in [0.3, 0.4) is 0 Å². The van der Waals surface area contributed by atoms with Crippen molar-refractivity contribution in [3.63, 3.8) is 0 Å². The van der Waals surface area contributed by atoms with Crippen LogP contribution in [0.25, 0.3) is 0 Å². The quantitative estimate of drug-likeness (QED) is 0.677. The Kier molecular flexibility index (Phi) is 13.3. The van der Waals surface area contributed by atoms with E-state index in [1.165, 1.54) is 0 Å². The van der Waals surface area contributed by atoms with E-state index in [2.05, 4.69) is 82.8 Å². The van der Waals surface area contributed by atoms with Gasteiger partial charge in [0.2, 0.25) is 0 Å². The molecule has 0 saturated heterocycles. The molecule has 0 heterocycles. The molecule has 0 saturated carbocycles. The fourth-order valence-electron chi connectivity index (χ4n) is 1.14. The lowest BCUT2D eigenvalue weighted by molar-refractivity contribution is 0.226. The molecule has 0 N–H and O–H groups in total. The third-order valence-electron chi connectivity index (χ3n) is 2.99. The Morgan fingerprint density at radius 1 is 0.778 bits per heavy atom. The highest BCUT2D eigenvalue weighted by atomic mass is 15.2. The number of hydrogen-bond donors (Lipinski definition) is 0. The van der Waals surface area contributed by atoms with E-state index < -0.39 is 0 Å². The highest BCUT2D eigenvalue weighted by Crippen LogP contribution is 1.93. The van der Waals surface area contributed by atoms with Crippen molar-refractivity contribution in [1.82, 2.24) is 19.6 Å². The third-order valence-corrected chi connectivity index (χ3v) is 2.99. The zero-order valence-corrected chi connectivity index (χ0v) is 14.2. The topological polar surface area (TPSA) is 13.0 Å². The maximum Gasteiger partial charge on any atom is 0.0188 e. The van der Waals surface area contributed by atoms with Crippen molar-refractivity contribution in [2.24, 2.45) is 0 Å². The molecular weight excluding hydrogens is 224 g/mol. The van der Waals surface area contributed by atoms with Crippen molar-refractivity contribution < 1.29 is 0 Å². The highest BCUT2D eigenvalue weighted by molar-refractivity contribution is 4.62. The normalized spacial score (nSPS) is 13.2. The molecule has 0 aromatic carbocycles. The summed E-state index contributed by atoms with van der Waals surface area (Å²) >= 11 is 0. The molecule has 1 atom stereocenters. The minimum Gasteiger partial charge on any atom is -0.308 e. The van der Waals surface area contributed by atoms with Crippen LogP contribution in [-0.4, -0.2) is 101 Å². The first-order valence-electron chi connectivity index (χ1n) is 6.85. The third kappa shape index (κ3) is 15.8. The van der Waals surface area contributed by atoms with Gasteiger partial charge in [-0.2, -0.15) is 0 Å². The van der Waals surface area contributed by atoms with E-state index in [4.69, 9.17) is 0 Å². The van der Waals surface area contributed by atoms with Crippen LogP contribution in [0.5, 0.6) is 0 Å². The number of rotatable bonds is 7. The van der Waals surface area contributed by atoms with Crippen LogP contribution in [0.15, 0.2) is 0 Å². The largest absolute Gasteiger partial charge is 0.308 e. The lowest BCUT2D eigenvalue weighted by Gasteiger charge is -2.24. The van der Waals surface area contributed by atoms with Gasteiger partial charge in [-0.1, -0.05) is 6.92 Å². The molecule has 4 heteroatoms. The SMILES string of the molecule is CCN(C)CC(C)N(C)C.CN(C)CCN(C)C. The molecular formula is C14H36N4. The van der Waals surface area contributed by atoms with Crippen LogP contribution >= 0.6 is 0 Å². The van der Waals surface area contributed by atoms with Gasteiger partial charge in [0.1, 0.15) is 0 Å². The minimum absolute atomic E-state index is 0.657. The zero-order valence-electron chi connectivity index (χ0n) is 14.2. The van der Waals surface area contributed by atoms with Crippen molar-refractivity contribution >= 4 is 0 Å². The molecule has 0 amide bonds. The van der Waals surface area contributed by atoms with Crippen LogP contribution in [0, 0.1) is 0 Å². The second-order valence-corrected chi connectivity index (χ2v) is 5.77. The Morgan fingerprint density at radius 3 is 1.39 bits per heavy atom. The molecule has 0 aliphatic heterocycles. The van der Waals surface area contributed by atoms with Gasteiger partial charge in [-0.25, -0.2) is 0 Å². The molecule has 0 aromatic heterocycles. The summed E-state index contributed by atoms with van der Waals surface area (Å²) in [5.74, 6) is 0. The smallest absolute Gasteiger partial charge is 0.0188 e. The van der Waals surface area contributed by atoms with Gasteiger partial charge in [0.05, 0.1) is 0 Å². The summed E-state index contributed by atoms with van der Waals surface area (Å²) in [5.41, 5.74) is 0. The summed E-state index contributed by atoms with van der Waals surface area (Å²) in [7, 11) is 14.7. The maximum atomic E-state index is 2.32. The van der Waals surface area contributed by atoms with Crippen molar-refractivity contribution in [2.45, 2.75) is 19.9 Å². The summed E-state index contributed by atoms with van der Waals surface area (Å²) in [6.45, 7) is 9.01. The van der Waals surface area contributed by atoms with Gasteiger partial charge in [0.15, 0.2) is 0 Å². The van der Waals surface area contributed by atoms with Crippen molar-refractivity contribution in [3.05, 3.63) is 0 Å². The Bertz CT molecular complexity index is 161. The Hall–Kier alpha value is -0.160. The summed E-state index contributed by atoms with van der Waals surface area (Å²) in [6, 6.07) is 0.657. The monoisotopic (exact) mass is 260 g/mol. The van der Waals surface area contributed by atoms with E-state index in [1.54, 1.807) is 0 Å². The number of hydrogen-bond acceptors (Lipinski definition) is 4. The van der Waals surface area contributed by atoms with Gasteiger partial charge >= 0.3 is 0 Å². The second kappa shape index (κ2) is 11.9. The lowest BCUT2D eigenvalue weighted by atomic mass is 10.3. The summed E-state index contributed by atoms with van der Waals surface area (Å²) in [4.78, 5) is 8.93. The summed E-state index contributed by atoms with van der Waals surface area (Å²) < 4.78 is 0. The van der Waals surface area contributed by atoms with Gasteiger partial charge in [-0.15, -0.1) is 0 Å². The number of nitrogens with zero attached hydrogens (tertiary/aromatic N) is 4. The molecule has 0 aliphatic carbocycles. The second-order valence-electron chi connectivity index (χ2n) is 5.77. The molecule has 0 aromatic rings. The number of likely N-dealkylation sites (N-methyl/N-ethyl adjacent to an activating group) is 4. The molecule has 0 radical (unpaired) electrons. The average molecular weight is 260 g/mol. The molecule has 0 rings (SSSR count). The van der Waals surface area contributed by atoms with E-state index in [0.29, 0.717) is 6.04 Å². The van der Waals surface area contributed by atoms with Gasteiger partial charge in [0.25, 0.3) is 0 Å². The van der Waals surface area contributed by atoms with Gasteiger partial charge in [0, 0.05) is 25.7 Å². The van der Waals surface area contributed by atoms with Crippen LogP contribution in [0.2, 0.25) is 0 Å². The molecule has 112 valence electrons. The highest BCUT2D eigenvalue weighted by Gasteiger charge is 2.05. The van der Waals surface area contributed by atoms with E-state index in [1.807, 2.05) is 0 Å². The van der Waals surface area contributed by atoms with Crippen molar-refractivity contribution in [1.29, 1.82) is 0 Å². The zero-order chi connectivity index (χ0) is 14.7. The minimum atomic E-state index is 0.657. The summed E-state index contributed by atoms with van der Waals surface area (Å²) in [5, 5.41) is 0. The molecule has 1 unspecified atom stereocenters. The first-order chi connectivity index (χ1) is 8.20. The fourth-order valence-corrected chi connectivity index (χ4v) is 1.14. The van der Waals surface area contributed by atoms with Crippen LogP contribution in [-0.2, 0) is 0 Å². The first-order valence-corrected chi connectivity index (χ1v) is 6.85. The molecule has 0 bridgehead atoms. The Balaban J connectivity index is 0. The molecule has 4 nitrogen and oxygen atoms in total. The maximum absolute atomic E-state index is 2.32. The lowest BCUT2D eigenvalue weighted by Crippen LogP contribution is -2.36.